The number of hydrogen-bond acceptors (Lipinski definition) is 4. The zero-order valence-electron chi connectivity index (χ0n) is 59.7. The second kappa shape index (κ2) is 24.8. The molecule has 110 heavy (non-hydrogen) atoms. The maximum absolute atomic E-state index is 6.95. The largest absolute Gasteiger partial charge is 0.455 e. The predicted octanol–water partition coefficient (Wildman–Crippen LogP) is 27.1. The maximum atomic E-state index is 6.95. The minimum atomic E-state index is -0.308. The highest BCUT2D eigenvalue weighted by molar-refractivity contribution is 7.25. The van der Waals surface area contributed by atoms with Crippen LogP contribution in [0.4, 0.5) is 34.1 Å². The number of furan rings is 1. The van der Waals surface area contributed by atoms with Crippen molar-refractivity contribution in [1.82, 2.24) is 4.57 Å². The lowest BCUT2D eigenvalue weighted by Crippen LogP contribution is -2.61. The summed E-state index contributed by atoms with van der Waals surface area (Å²) in [7, 11) is 0. The molecule has 23 rings (SSSR count). The number of anilines is 6. The van der Waals surface area contributed by atoms with Crippen molar-refractivity contribution < 1.29 is 4.42 Å². The van der Waals surface area contributed by atoms with Crippen LogP contribution in [0.1, 0.15) is 0 Å². The Morgan fingerprint density at radius 2 is 0.673 bits per heavy atom. The van der Waals surface area contributed by atoms with Gasteiger partial charge in [0.25, 0.3) is 6.71 Å². The summed E-state index contributed by atoms with van der Waals surface area (Å²) in [5, 5.41) is 11.8. The van der Waals surface area contributed by atoms with Gasteiger partial charge in [0.05, 0.1) is 28.1 Å². The summed E-state index contributed by atoms with van der Waals surface area (Å²) in [6.07, 6.45) is 0. The molecule has 4 nitrogen and oxygen atoms in total. The molecular weight excluding hydrogens is 1350 g/mol. The van der Waals surface area contributed by atoms with E-state index >= 15 is 0 Å². The molecule has 21 aromatic rings. The Balaban J connectivity index is 0.886. The van der Waals surface area contributed by atoms with Crippen molar-refractivity contribution in [3.8, 4) is 83.6 Å². The van der Waals surface area contributed by atoms with Gasteiger partial charge in [-0.2, -0.15) is 0 Å². The highest BCUT2D eigenvalue weighted by atomic mass is 32.1. The van der Waals surface area contributed by atoms with Crippen LogP contribution in [-0.4, -0.2) is 11.3 Å². The van der Waals surface area contributed by atoms with Gasteiger partial charge in [-0.05, 0) is 143 Å². The Morgan fingerprint density at radius 1 is 0.245 bits per heavy atom. The van der Waals surface area contributed by atoms with E-state index < -0.39 is 0 Å². The number of nitrogens with zero attached hydrogens (tertiary/aromatic N) is 3. The third kappa shape index (κ3) is 9.46. The third-order valence-electron chi connectivity index (χ3n) is 23.4. The van der Waals surface area contributed by atoms with Gasteiger partial charge in [0.15, 0.2) is 0 Å². The lowest BCUT2D eigenvalue weighted by atomic mass is 9.33. The summed E-state index contributed by atoms with van der Waals surface area (Å²) < 4.78 is 12.1. The van der Waals surface area contributed by atoms with Gasteiger partial charge in [-0.1, -0.05) is 328 Å². The molecule has 2 aliphatic rings. The van der Waals surface area contributed by atoms with Gasteiger partial charge in [-0.15, -0.1) is 11.3 Å². The number of para-hydroxylation sites is 6. The fraction of sp³-hybridized carbons (Fsp3) is 0. The molecule has 0 bridgehead atoms. The van der Waals surface area contributed by atoms with Crippen molar-refractivity contribution in [3.05, 3.63) is 388 Å². The van der Waals surface area contributed by atoms with E-state index in [1.54, 1.807) is 0 Å². The molecular formula is C104H64BN3OS. The Labute approximate surface area is 640 Å². The van der Waals surface area contributed by atoms with Crippen LogP contribution >= 0.6 is 11.3 Å². The summed E-state index contributed by atoms with van der Waals surface area (Å²) in [6, 6.07) is 145. The third-order valence-corrected chi connectivity index (χ3v) is 24.5. The molecule has 0 N–H and O–H groups in total. The Morgan fingerprint density at radius 3 is 1.25 bits per heavy atom. The molecule has 6 heteroatoms. The highest BCUT2D eigenvalue weighted by Crippen LogP contribution is 2.56. The minimum Gasteiger partial charge on any atom is -0.455 e. The van der Waals surface area contributed by atoms with Gasteiger partial charge in [-0.25, -0.2) is 0 Å². The van der Waals surface area contributed by atoms with E-state index in [1.807, 2.05) is 11.3 Å². The van der Waals surface area contributed by atoms with Crippen molar-refractivity contribution in [2.24, 2.45) is 0 Å². The first-order valence-electron chi connectivity index (χ1n) is 37.9. The molecule has 510 valence electrons. The number of fused-ring (bicyclic) bond motifs is 15. The number of benzene rings is 18. The molecule has 0 saturated heterocycles. The fourth-order valence-corrected chi connectivity index (χ4v) is 19.8. The summed E-state index contributed by atoms with van der Waals surface area (Å²) in [5.41, 5.74) is 31.1. The zero-order chi connectivity index (χ0) is 72.1. The number of rotatable bonds is 10. The normalized spacial score (nSPS) is 12.5. The summed E-state index contributed by atoms with van der Waals surface area (Å²) >= 11 is 1.87. The van der Waals surface area contributed by atoms with E-state index in [0.717, 1.165) is 161 Å². The van der Waals surface area contributed by atoms with Crippen molar-refractivity contribution in [3.63, 3.8) is 0 Å². The van der Waals surface area contributed by atoms with Crippen molar-refractivity contribution in [2.45, 2.75) is 0 Å². The molecule has 0 amide bonds. The zero-order valence-corrected chi connectivity index (χ0v) is 60.5. The second-order valence-corrected chi connectivity index (χ2v) is 30.3. The van der Waals surface area contributed by atoms with E-state index in [9.17, 15) is 0 Å². The van der Waals surface area contributed by atoms with Crippen LogP contribution in [0.25, 0.3) is 169 Å². The highest BCUT2D eigenvalue weighted by Gasteiger charge is 2.46. The molecule has 0 spiro atoms. The minimum absolute atomic E-state index is 0.308. The summed E-state index contributed by atoms with van der Waals surface area (Å²) in [6.45, 7) is -0.308. The van der Waals surface area contributed by atoms with Gasteiger partial charge in [-0.3, -0.25) is 0 Å². The average Bonchev–Trinajstić information content (AvgIpc) is 0.714. The van der Waals surface area contributed by atoms with Gasteiger partial charge in [0, 0.05) is 97.8 Å². The fourth-order valence-electron chi connectivity index (χ4n) is 18.7. The van der Waals surface area contributed by atoms with Crippen LogP contribution in [0, 0.1) is 0 Å². The topological polar surface area (TPSA) is 24.6 Å². The SMILES string of the molecule is c1ccc(-c2cccc(-c3ccccc3)c2N2c3ccc(-c4ccc5sc6ccccc6c5c4)cc3B3c4ccc(-c5c6ccccc6c(-c6cccc7c6oc6ccccc67)c6ccccc56)cc4N(c4c(-c5ccccc5)cccc4-c4ccccc4)c4cc(-n5c6ccccc6c6ccccc65)cc2c43)cc1. The summed E-state index contributed by atoms with van der Waals surface area (Å²) in [4.78, 5) is 5.39. The van der Waals surface area contributed by atoms with E-state index in [1.165, 1.54) is 58.5 Å². The van der Waals surface area contributed by atoms with Gasteiger partial charge < -0.3 is 18.8 Å². The standard InChI is InChI=1S/C104H64BN3OS/c1-5-28-65(29-6-1)73-44-25-45-74(66-30-7-2-8-31-66)102(73)107-92-58-55-70(69-56-59-98-87(60-69)80-39-20-24-53-97(80)110-98)61-89(92)105-88-57-54-71(99-81-40-13-15-42-83(81)100(84-43-16-14-41-82(84)99)86-49-27-48-85-79-38-19-23-52-96(79)109-104(85)86)62-93(88)108(103-75(67-32-9-3-10-33-67)46-26-47-76(103)68-34-11-4-12-35-68)95-64-72(63-94(107)101(95)105)106-90-50-21-17-36-77(90)78-37-18-22-51-91(78)106/h1-64H. The smallest absolute Gasteiger partial charge is 0.252 e. The molecule has 0 aliphatic carbocycles. The van der Waals surface area contributed by atoms with E-state index in [2.05, 4.69) is 403 Å². The van der Waals surface area contributed by atoms with E-state index in [0.29, 0.717) is 0 Å². The molecule has 0 radical (unpaired) electrons. The van der Waals surface area contributed by atoms with Gasteiger partial charge in [0.2, 0.25) is 0 Å². The van der Waals surface area contributed by atoms with Gasteiger partial charge >= 0.3 is 0 Å². The molecule has 18 aromatic carbocycles. The first-order chi connectivity index (χ1) is 54.6. The van der Waals surface area contributed by atoms with Crippen molar-refractivity contribution in [2.75, 3.05) is 9.80 Å². The van der Waals surface area contributed by atoms with E-state index in [-0.39, 0.29) is 6.71 Å². The summed E-state index contributed by atoms with van der Waals surface area (Å²) in [5.74, 6) is 0. The van der Waals surface area contributed by atoms with Crippen molar-refractivity contribution in [1.29, 1.82) is 0 Å². The molecule has 0 atom stereocenters. The Bertz CT molecular complexity index is 7140. The molecule has 0 unspecified atom stereocenters. The quantitative estimate of drug-likeness (QED) is 0.101. The van der Waals surface area contributed by atoms with Crippen molar-refractivity contribution >= 4 is 154 Å². The van der Waals surface area contributed by atoms with Crippen LogP contribution in [0.5, 0.6) is 0 Å². The molecule has 0 saturated carbocycles. The lowest BCUT2D eigenvalue weighted by molar-refractivity contribution is 0.670. The maximum Gasteiger partial charge on any atom is 0.252 e. The monoisotopic (exact) mass is 1410 g/mol. The number of aromatic nitrogens is 1. The number of thiophene rings is 1. The van der Waals surface area contributed by atoms with Gasteiger partial charge in [0.1, 0.15) is 11.2 Å². The Kier molecular flexibility index (Phi) is 14.0. The first kappa shape index (κ1) is 62.2. The van der Waals surface area contributed by atoms with Crippen LogP contribution in [0.3, 0.4) is 0 Å². The van der Waals surface area contributed by atoms with Crippen LogP contribution < -0.4 is 26.2 Å². The lowest BCUT2D eigenvalue weighted by Gasteiger charge is -2.46. The molecule has 3 aromatic heterocycles. The Hall–Kier alpha value is -14.0. The molecule has 5 heterocycles. The second-order valence-electron chi connectivity index (χ2n) is 29.2. The van der Waals surface area contributed by atoms with Crippen LogP contribution in [0.2, 0.25) is 0 Å². The molecule has 0 fully saturated rings. The first-order valence-corrected chi connectivity index (χ1v) is 38.7. The predicted molar refractivity (Wildman–Crippen MR) is 468 cm³/mol. The number of hydrogen-bond donors (Lipinski definition) is 0. The van der Waals surface area contributed by atoms with E-state index in [4.69, 9.17) is 4.42 Å². The average molecular weight is 1410 g/mol. The molecule has 2 aliphatic heterocycles. The van der Waals surface area contributed by atoms with Crippen LogP contribution in [-0.2, 0) is 0 Å². The van der Waals surface area contributed by atoms with Crippen LogP contribution in [0.15, 0.2) is 393 Å².